The second-order valence-corrected chi connectivity index (χ2v) is 9.50. The molecule has 3 fully saturated rings. The highest BCUT2D eigenvalue weighted by molar-refractivity contribution is 7.19. The summed E-state index contributed by atoms with van der Waals surface area (Å²) in [6.07, 6.45) is 3.06. The lowest BCUT2D eigenvalue weighted by molar-refractivity contribution is -0.136. The summed E-state index contributed by atoms with van der Waals surface area (Å²) in [5, 5.41) is 10.0. The van der Waals surface area contributed by atoms with Gasteiger partial charge >= 0.3 is 0 Å². The van der Waals surface area contributed by atoms with E-state index in [0.717, 1.165) is 62.8 Å². The van der Waals surface area contributed by atoms with Crippen molar-refractivity contribution in [3.8, 4) is 0 Å². The van der Waals surface area contributed by atoms with Crippen LogP contribution in [0.25, 0.3) is 0 Å². The van der Waals surface area contributed by atoms with E-state index in [0.29, 0.717) is 24.6 Å². The first kappa shape index (κ1) is 21.1. The number of aromatic nitrogens is 2. The number of anilines is 3. The first-order chi connectivity index (χ1) is 15.6. The normalized spacial score (nSPS) is 20.3. The zero-order valence-electron chi connectivity index (χ0n) is 18.0. The summed E-state index contributed by atoms with van der Waals surface area (Å²) < 4.78 is 13.2. The van der Waals surface area contributed by atoms with Gasteiger partial charge in [0.2, 0.25) is 22.1 Å². The van der Waals surface area contributed by atoms with Gasteiger partial charge in [0.25, 0.3) is 0 Å². The number of benzene rings is 1. The highest BCUT2D eigenvalue weighted by atomic mass is 32.1. The number of rotatable bonds is 4. The molecule has 3 aliphatic heterocycles. The molecular formula is C22H27FN6O2S. The Labute approximate surface area is 190 Å². The molecule has 32 heavy (non-hydrogen) atoms. The maximum Gasteiger partial charge on any atom is 0.228 e. The summed E-state index contributed by atoms with van der Waals surface area (Å²) in [5.74, 6) is 0.167. The van der Waals surface area contributed by atoms with Crippen LogP contribution in [0.15, 0.2) is 24.3 Å². The van der Waals surface area contributed by atoms with Crippen molar-refractivity contribution in [3.63, 3.8) is 0 Å². The van der Waals surface area contributed by atoms with E-state index >= 15 is 0 Å². The molecule has 1 aromatic carbocycles. The van der Waals surface area contributed by atoms with Crippen LogP contribution in [-0.2, 0) is 9.59 Å². The summed E-state index contributed by atoms with van der Waals surface area (Å²) >= 11 is 1.46. The van der Waals surface area contributed by atoms with E-state index in [4.69, 9.17) is 0 Å². The van der Waals surface area contributed by atoms with Gasteiger partial charge in [-0.1, -0.05) is 11.3 Å². The molecule has 0 atom stereocenters. The molecule has 0 N–H and O–H groups in total. The van der Waals surface area contributed by atoms with E-state index < -0.39 is 0 Å². The van der Waals surface area contributed by atoms with E-state index in [1.165, 1.54) is 23.5 Å². The average molecular weight is 459 g/mol. The number of carbonyl (C=O) groups excluding carboxylic acids is 2. The van der Waals surface area contributed by atoms with Crippen LogP contribution in [0.4, 0.5) is 20.3 Å². The van der Waals surface area contributed by atoms with E-state index in [9.17, 15) is 14.0 Å². The Morgan fingerprint density at radius 1 is 0.906 bits per heavy atom. The van der Waals surface area contributed by atoms with Crippen LogP contribution >= 0.6 is 11.3 Å². The van der Waals surface area contributed by atoms with Gasteiger partial charge in [0.05, 0.1) is 0 Å². The lowest BCUT2D eigenvalue weighted by Gasteiger charge is -2.39. The van der Waals surface area contributed by atoms with Gasteiger partial charge in [-0.05, 0) is 43.5 Å². The molecule has 0 saturated carbocycles. The molecule has 0 radical (unpaired) electrons. The number of halogens is 1. The van der Waals surface area contributed by atoms with Crippen molar-refractivity contribution < 1.29 is 14.0 Å². The summed E-state index contributed by atoms with van der Waals surface area (Å²) in [5.41, 5.74) is 0.999. The lowest BCUT2D eigenvalue weighted by Crippen LogP contribution is -2.51. The summed E-state index contributed by atoms with van der Waals surface area (Å²) in [6, 6.07) is 6.54. The Kier molecular flexibility index (Phi) is 5.95. The van der Waals surface area contributed by atoms with Gasteiger partial charge in [-0.25, -0.2) is 4.39 Å². The minimum atomic E-state index is -0.233. The Balaban J connectivity index is 1.11. The molecule has 0 aliphatic carbocycles. The molecule has 170 valence electrons. The Hall–Kier alpha value is -2.75. The number of hydrogen-bond acceptors (Lipinski definition) is 7. The van der Waals surface area contributed by atoms with Crippen LogP contribution in [0.1, 0.15) is 25.7 Å². The fourth-order valence-corrected chi connectivity index (χ4v) is 5.65. The second-order valence-electron chi connectivity index (χ2n) is 8.57. The Morgan fingerprint density at radius 3 is 2.25 bits per heavy atom. The monoisotopic (exact) mass is 458 g/mol. The smallest absolute Gasteiger partial charge is 0.228 e. The van der Waals surface area contributed by atoms with E-state index in [1.54, 1.807) is 17.0 Å². The predicted molar refractivity (Wildman–Crippen MR) is 122 cm³/mol. The number of nitrogens with zero attached hydrogens (tertiary/aromatic N) is 6. The Bertz CT molecular complexity index is 967. The molecule has 0 unspecified atom stereocenters. The molecule has 2 amide bonds. The predicted octanol–water partition coefficient (Wildman–Crippen LogP) is 2.37. The quantitative estimate of drug-likeness (QED) is 0.701. The SMILES string of the molecule is O=C(C1CCN(c2nnc(N3CCCC3=O)s2)CC1)N1CCN(c2ccc(F)cc2)CC1. The standard InChI is InChI=1S/C22H27FN6O2S/c23-17-3-5-18(6-4-17)26-12-14-27(15-13-26)20(31)16-7-10-28(11-8-16)21-24-25-22(32-21)29-9-1-2-19(29)30/h3-6,16H,1-2,7-15H2. The van der Waals surface area contributed by atoms with Gasteiger partial charge < -0.3 is 14.7 Å². The van der Waals surface area contributed by atoms with Crippen LogP contribution < -0.4 is 14.7 Å². The van der Waals surface area contributed by atoms with Crippen LogP contribution in [0.5, 0.6) is 0 Å². The molecule has 0 bridgehead atoms. The second kappa shape index (κ2) is 9.01. The van der Waals surface area contributed by atoms with E-state index in [2.05, 4.69) is 20.0 Å². The van der Waals surface area contributed by atoms with E-state index in [1.807, 2.05) is 4.90 Å². The first-order valence-corrected chi connectivity index (χ1v) is 12.1. The molecule has 5 rings (SSSR count). The molecule has 2 aromatic rings. The van der Waals surface area contributed by atoms with Crippen LogP contribution in [0, 0.1) is 11.7 Å². The largest absolute Gasteiger partial charge is 0.368 e. The molecule has 0 spiro atoms. The highest BCUT2D eigenvalue weighted by Crippen LogP contribution is 2.32. The van der Waals surface area contributed by atoms with Gasteiger partial charge in [0, 0.05) is 63.8 Å². The third kappa shape index (κ3) is 4.28. The number of piperazine rings is 1. The van der Waals surface area contributed by atoms with Crippen LogP contribution in [-0.4, -0.2) is 72.7 Å². The van der Waals surface area contributed by atoms with Crippen LogP contribution in [0.2, 0.25) is 0 Å². The lowest BCUT2D eigenvalue weighted by atomic mass is 9.95. The third-order valence-corrected chi connectivity index (χ3v) is 7.61. The van der Waals surface area contributed by atoms with Gasteiger partial charge in [0.1, 0.15) is 5.82 Å². The molecule has 3 saturated heterocycles. The molecule has 1 aromatic heterocycles. The fourth-order valence-electron chi connectivity index (χ4n) is 4.71. The number of carbonyl (C=O) groups is 2. The maximum atomic E-state index is 13.2. The fraction of sp³-hybridized carbons (Fsp3) is 0.545. The van der Waals surface area contributed by atoms with Crippen molar-refractivity contribution in [2.45, 2.75) is 25.7 Å². The number of piperidine rings is 1. The molecule has 10 heteroatoms. The summed E-state index contributed by atoms with van der Waals surface area (Å²) in [7, 11) is 0. The molecule has 3 aliphatic rings. The topological polar surface area (TPSA) is 72.9 Å². The summed E-state index contributed by atoms with van der Waals surface area (Å²) in [6.45, 7) is 5.18. The highest BCUT2D eigenvalue weighted by Gasteiger charge is 2.32. The van der Waals surface area contributed by atoms with Gasteiger partial charge in [-0.2, -0.15) is 0 Å². The van der Waals surface area contributed by atoms with Crippen molar-refractivity contribution in [1.82, 2.24) is 15.1 Å². The number of hydrogen-bond donors (Lipinski definition) is 0. The van der Waals surface area contributed by atoms with Crippen molar-refractivity contribution in [2.24, 2.45) is 5.92 Å². The van der Waals surface area contributed by atoms with Gasteiger partial charge in [-0.3, -0.25) is 14.5 Å². The van der Waals surface area contributed by atoms with Gasteiger partial charge in [-0.15, -0.1) is 10.2 Å². The van der Waals surface area contributed by atoms with Crippen molar-refractivity contribution in [3.05, 3.63) is 30.1 Å². The minimum absolute atomic E-state index is 0.0381. The maximum absolute atomic E-state index is 13.2. The van der Waals surface area contributed by atoms with Crippen molar-refractivity contribution in [2.75, 3.05) is 60.5 Å². The zero-order chi connectivity index (χ0) is 22.1. The van der Waals surface area contributed by atoms with Gasteiger partial charge in [0.15, 0.2) is 0 Å². The minimum Gasteiger partial charge on any atom is -0.368 e. The van der Waals surface area contributed by atoms with Crippen molar-refractivity contribution >= 4 is 39.1 Å². The van der Waals surface area contributed by atoms with Crippen LogP contribution in [0.3, 0.4) is 0 Å². The summed E-state index contributed by atoms with van der Waals surface area (Å²) in [4.78, 5) is 33.1. The Morgan fingerprint density at radius 2 is 1.59 bits per heavy atom. The van der Waals surface area contributed by atoms with Crippen molar-refractivity contribution in [1.29, 1.82) is 0 Å². The zero-order valence-corrected chi connectivity index (χ0v) is 18.8. The first-order valence-electron chi connectivity index (χ1n) is 11.3. The molecular weight excluding hydrogens is 431 g/mol. The number of amides is 2. The average Bonchev–Trinajstić information content (AvgIpc) is 3.48. The molecule has 4 heterocycles. The van der Waals surface area contributed by atoms with E-state index in [-0.39, 0.29) is 23.5 Å². The third-order valence-electron chi connectivity index (χ3n) is 6.61. The molecule has 8 nitrogen and oxygen atoms in total.